The molecule has 0 aliphatic heterocycles. The third-order valence-corrected chi connectivity index (χ3v) is 2.38. The van der Waals surface area contributed by atoms with E-state index in [1.807, 2.05) is 25.1 Å². The zero-order valence-electron chi connectivity index (χ0n) is 9.93. The lowest BCUT2D eigenvalue weighted by atomic mass is 10.1. The summed E-state index contributed by atoms with van der Waals surface area (Å²) in [5, 5.41) is 0. The number of hydrogen-bond donors (Lipinski definition) is 0. The van der Waals surface area contributed by atoms with Crippen molar-refractivity contribution < 1.29 is 9.13 Å². The second kappa shape index (κ2) is 7.97. The van der Waals surface area contributed by atoms with Gasteiger partial charge in [0.15, 0.2) is 0 Å². The Morgan fingerprint density at radius 1 is 1.41 bits per heavy atom. The van der Waals surface area contributed by atoms with Gasteiger partial charge < -0.3 is 4.74 Å². The van der Waals surface area contributed by atoms with E-state index in [9.17, 15) is 4.39 Å². The van der Waals surface area contributed by atoms with Crippen LogP contribution in [0.3, 0.4) is 0 Å². The Kier molecular flexibility index (Phi) is 6.50. The van der Waals surface area contributed by atoms with E-state index in [0.29, 0.717) is 25.3 Å². The maximum atomic E-state index is 11.9. The Labute approximate surface area is 107 Å². The first-order valence-corrected chi connectivity index (χ1v) is 6.15. The zero-order chi connectivity index (χ0) is 12.5. The van der Waals surface area contributed by atoms with Gasteiger partial charge in [-0.15, -0.1) is 11.6 Å². The van der Waals surface area contributed by atoms with E-state index in [2.05, 4.69) is 11.8 Å². The van der Waals surface area contributed by atoms with Crippen molar-refractivity contribution in [1.29, 1.82) is 0 Å². The molecule has 0 aromatic heterocycles. The fourth-order valence-corrected chi connectivity index (χ4v) is 1.41. The van der Waals surface area contributed by atoms with E-state index >= 15 is 0 Å². The molecule has 17 heavy (non-hydrogen) atoms. The van der Waals surface area contributed by atoms with Crippen molar-refractivity contribution in [1.82, 2.24) is 0 Å². The molecule has 3 heteroatoms. The fourth-order valence-electron chi connectivity index (χ4n) is 1.32. The Hall–Kier alpha value is -1.20. The summed E-state index contributed by atoms with van der Waals surface area (Å²) < 4.78 is 17.3. The van der Waals surface area contributed by atoms with E-state index < -0.39 is 0 Å². The minimum absolute atomic E-state index is 0.346. The molecule has 0 saturated heterocycles. The Bertz CT molecular complexity index is 406. The molecular weight excluding hydrogens is 239 g/mol. The van der Waals surface area contributed by atoms with E-state index in [-0.39, 0.29) is 6.67 Å². The molecule has 1 aromatic rings. The molecule has 0 N–H and O–H groups in total. The van der Waals surface area contributed by atoms with Crippen LogP contribution in [0.15, 0.2) is 18.2 Å². The standard InChI is InChI=1S/C14H16ClFO/c1-12-11-14(17-10-4-9-16)7-6-13(12)5-2-3-8-15/h6-7,11H,3-4,8-10H2,1H3. The largest absolute Gasteiger partial charge is 0.493 e. The molecule has 0 bridgehead atoms. The van der Waals surface area contributed by atoms with Crippen LogP contribution in [0.1, 0.15) is 24.0 Å². The molecule has 0 amide bonds. The normalized spacial score (nSPS) is 9.59. The molecule has 0 spiro atoms. The number of alkyl halides is 2. The highest BCUT2D eigenvalue weighted by molar-refractivity contribution is 6.18. The lowest BCUT2D eigenvalue weighted by Crippen LogP contribution is -1.98. The van der Waals surface area contributed by atoms with Crippen molar-refractivity contribution >= 4 is 11.6 Å². The summed E-state index contributed by atoms with van der Waals surface area (Å²) in [4.78, 5) is 0. The van der Waals surface area contributed by atoms with Crippen molar-refractivity contribution in [2.75, 3.05) is 19.2 Å². The van der Waals surface area contributed by atoms with Gasteiger partial charge >= 0.3 is 0 Å². The summed E-state index contributed by atoms with van der Waals surface area (Å²) in [5.41, 5.74) is 2.04. The molecule has 0 aliphatic carbocycles. The van der Waals surface area contributed by atoms with Crippen molar-refractivity contribution in [3.63, 3.8) is 0 Å². The van der Waals surface area contributed by atoms with Gasteiger partial charge in [0.1, 0.15) is 5.75 Å². The summed E-state index contributed by atoms with van der Waals surface area (Å²) in [6.45, 7) is 2.04. The van der Waals surface area contributed by atoms with E-state index in [1.165, 1.54) is 0 Å². The van der Waals surface area contributed by atoms with Crippen molar-refractivity contribution in [2.45, 2.75) is 19.8 Å². The molecule has 0 heterocycles. The monoisotopic (exact) mass is 254 g/mol. The predicted molar refractivity (Wildman–Crippen MR) is 69.5 cm³/mol. The van der Waals surface area contributed by atoms with Gasteiger partial charge in [-0.25, -0.2) is 0 Å². The van der Waals surface area contributed by atoms with Gasteiger partial charge in [-0.05, 0) is 30.7 Å². The number of ether oxygens (including phenoxy) is 1. The van der Waals surface area contributed by atoms with Crippen LogP contribution >= 0.6 is 11.6 Å². The average molecular weight is 255 g/mol. The molecule has 0 unspecified atom stereocenters. The second-order valence-corrected chi connectivity index (χ2v) is 3.99. The number of hydrogen-bond acceptors (Lipinski definition) is 1. The zero-order valence-corrected chi connectivity index (χ0v) is 10.7. The predicted octanol–water partition coefficient (Wildman–Crippen LogP) is 3.71. The first-order chi connectivity index (χ1) is 8.27. The van der Waals surface area contributed by atoms with E-state index in [4.69, 9.17) is 16.3 Å². The molecule has 1 rings (SSSR count). The van der Waals surface area contributed by atoms with E-state index in [0.717, 1.165) is 16.9 Å². The number of benzene rings is 1. The van der Waals surface area contributed by atoms with Crippen LogP contribution in [-0.4, -0.2) is 19.2 Å². The molecule has 92 valence electrons. The minimum Gasteiger partial charge on any atom is -0.493 e. The lowest BCUT2D eigenvalue weighted by molar-refractivity contribution is 0.289. The SMILES string of the molecule is Cc1cc(OCCCF)ccc1C#CCCCl. The van der Waals surface area contributed by atoms with Crippen LogP contribution in [0, 0.1) is 18.8 Å². The van der Waals surface area contributed by atoms with Crippen LogP contribution in [0.4, 0.5) is 4.39 Å². The summed E-state index contributed by atoms with van der Waals surface area (Å²) in [7, 11) is 0. The van der Waals surface area contributed by atoms with Gasteiger partial charge in [0.25, 0.3) is 0 Å². The fraction of sp³-hybridized carbons (Fsp3) is 0.429. The third-order valence-electron chi connectivity index (χ3n) is 2.19. The smallest absolute Gasteiger partial charge is 0.119 e. The lowest BCUT2D eigenvalue weighted by Gasteiger charge is -2.06. The summed E-state index contributed by atoms with van der Waals surface area (Å²) in [5.74, 6) is 7.36. The Morgan fingerprint density at radius 3 is 2.88 bits per heavy atom. The first kappa shape index (κ1) is 13.9. The third kappa shape index (κ3) is 5.10. The van der Waals surface area contributed by atoms with Crippen LogP contribution in [0.2, 0.25) is 0 Å². The second-order valence-electron chi connectivity index (χ2n) is 3.61. The van der Waals surface area contributed by atoms with Crippen molar-refractivity contribution in [2.24, 2.45) is 0 Å². The van der Waals surface area contributed by atoms with E-state index in [1.54, 1.807) is 0 Å². The summed E-state index contributed by atoms with van der Waals surface area (Å²) in [6, 6.07) is 5.69. The van der Waals surface area contributed by atoms with Crippen LogP contribution in [0.25, 0.3) is 0 Å². The molecule has 1 aromatic carbocycles. The highest BCUT2D eigenvalue weighted by Crippen LogP contribution is 2.16. The number of rotatable bonds is 5. The molecule has 1 nitrogen and oxygen atoms in total. The van der Waals surface area contributed by atoms with Gasteiger partial charge in [0.2, 0.25) is 0 Å². The highest BCUT2D eigenvalue weighted by Gasteiger charge is 1.98. The van der Waals surface area contributed by atoms with Gasteiger partial charge in [-0.3, -0.25) is 4.39 Å². The molecular formula is C14H16ClFO. The minimum atomic E-state index is -0.346. The quantitative estimate of drug-likeness (QED) is 0.442. The van der Waals surface area contributed by atoms with Crippen LogP contribution in [-0.2, 0) is 0 Å². The molecule has 0 atom stereocenters. The summed E-state index contributed by atoms with van der Waals surface area (Å²) in [6.07, 6.45) is 1.12. The first-order valence-electron chi connectivity index (χ1n) is 5.62. The van der Waals surface area contributed by atoms with Gasteiger partial charge in [-0.1, -0.05) is 11.8 Å². The Balaban J connectivity index is 2.63. The van der Waals surface area contributed by atoms with Crippen LogP contribution in [0.5, 0.6) is 5.75 Å². The number of aryl methyl sites for hydroxylation is 1. The molecule has 0 fully saturated rings. The summed E-state index contributed by atoms with van der Waals surface area (Å²) >= 11 is 5.55. The van der Waals surface area contributed by atoms with Crippen LogP contribution < -0.4 is 4.74 Å². The number of halogens is 2. The maximum Gasteiger partial charge on any atom is 0.119 e. The van der Waals surface area contributed by atoms with Crippen molar-refractivity contribution in [3.05, 3.63) is 29.3 Å². The molecule has 0 radical (unpaired) electrons. The maximum absolute atomic E-state index is 11.9. The molecule has 0 aliphatic rings. The topological polar surface area (TPSA) is 9.23 Å². The van der Waals surface area contributed by atoms with Gasteiger partial charge in [-0.2, -0.15) is 0 Å². The van der Waals surface area contributed by atoms with Gasteiger partial charge in [0, 0.05) is 24.3 Å². The van der Waals surface area contributed by atoms with Crippen molar-refractivity contribution in [3.8, 4) is 17.6 Å². The highest BCUT2D eigenvalue weighted by atomic mass is 35.5. The average Bonchev–Trinajstić information content (AvgIpc) is 2.32. The Morgan fingerprint density at radius 2 is 2.24 bits per heavy atom. The van der Waals surface area contributed by atoms with Gasteiger partial charge in [0.05, 0.1) is 13.3 Å². The molecule has 0 saturated carbocycles.